The Morgan fingerprint density at radius 2 is 1.81 bits per heavy atom. The van der Waals surface area contributed by atoms with Crippen LogP contribution in [0.4, 0.5) is 0 Å². The fourth-order valence-electron chi connectivity index (χ4n) is 3.43. The number of benzene rings is 1. The van der Waals surface area contributed by atoms with Crippen molar-refractivity contribution in [3.63, 3.8) is 0 Å². The summed E-state index contributed by atoms with van der Waals surface area (Å²) in [7, 11) is 0. The van der Waals surface area contributed by atoms with Gasteiger partial charge in [0.25, 0.3) is 0 Å². The molecule has 0 aliphatic heterocycles. The molecule has 1 N–H and O–H groups in total. The first-order valence-electron chi connectivity index (χ1n) is 8.15. The van der Waals surface area contributed by atoms with Gasteiger partial charge in [-0.2, -0.15) is 0 Å². The quantitative estimate of drug-likeness (QED) is 0.703. The highest BCUT2D eigenvalue weighted by Gasteiger charge is 2.32. The van der Waals surface area contributed by atoms with Gasteiger partial charge in [0.15, 0.2) is 0 Å². The summed E-state index contributed by atoms with van der Waals surface area (Å²) >= 11 is 12.2. The van der Waals surface area contributed by atoms with E-state index in [1.165, 1.54) is 37.7 Å². The Bertz CT molecular complexity index is 451. The van der Waals surface area contributed by atoms with Crippen LogP contribution in [0.5, 0.6) is 0 Å². The molecule has 2 rings (SSSR count). The Morgan fingerprint density at radius 1 is 1.10 bits per heavy atom. The first-order chi connectivity index (χ1) is 10.0. The van der Waals surface area contributed by atoms with Crippen LogP contribution >= 0.6 is 23.2 Å². The fraction of sp³-hybridized carbons (Fsp3) is 0.667. The lowest BCUT2D eigenvalue weighted by atomic mass is 9.70. The van der Waals surface area contributed by atoms with Crippen LogP contribution in [0.1, 0.15) is 51.5 Å². The summed E-state index contributed by atoms with van der Waals surface area (Å²) in [6.07, 6.45) is 7.83. The molecule has 0 atom stereocenters. The zero-order valence-electron chi connectivity index (χ0n) is 13.2. The molecule has 3 heteroatoms. The topological polar surface area (TPSA) is 12.0 Å². The molecule has 1 aromatic carbocycles. The molecular formula is C18H27Cl2N. The van der Waals surface area contributed by atoms with E-state index < -0.39 is 0 Å². The standard InChI is InChI=1S/C18H27Cl2N/c1-14(2)12-21-13-18(8-4-3-5-9-18)11-15-6-7-16(19)17(20)10-15/h6-7,10,14,21H,3-5,8-9,11-13H2,1-2H3. The van der Waals surface area contributed by atoms with Crippen LogP contribution in [0, 0.1) is 11.3 Å². The summed E-state index contributed by atoms with van der Waals surface area (Å²) in [4.78, 5) is 0. The summed E-state index contributed by atoms with van der Waals surface area (Å²) < 4.78 is 0. The van der Waals surface area contributed by atoms with E-state index in [0.717, 1.165) is 19.5 Å². The minimum atomic E-state index is 0.393. The maximum Gasteiger partial charge on any atom is 0.0595 e. The molecule has 0 aromatic heterocycles. The van der Waals surface area contributed by atoms with Crippen LogP contribution < -0.4 is 5.32 Å². The minimum Gasteiger partial charge on any atom is -0.316 e. The first kappa shape index (κ1) is 17.1. The molecule has 118 valence electrons. The van der Waals surface area contributed by atoms with Crippen molar-refractivity contribution >= 4 is 23.2 Å². The molecule has 0 bridgehead atoms. The molecule has 0 heterocycles. The van der Waals surface area contributed by atoms with Crippen LogP contribution in [0.2, 0.25) is 10.0 Å². The third-order valence-corrected chi connectivity index (χ3v) is 5.27. The van der Waals surface area contributed by atoms with Gasteiger partial charge in [0, 0.05) is 6.54 Å². The molecule has 1 aromatic rings. The van der Waals surface area contributed by atoms with Crippen LogP contribution in [0.15, 0.2) is 18.2 Å². The number of hydrogen-bond acceptors (Lipinski definition) is 1. The second-order valence-electron chi connectivity index (χ2n) is 7.01. The summed E-state index contributed by atoms with van der Waals surface area (Å²) in [5, 5.41) is 5.01. The highest BCUT2D eigenvalue weighted by atomic mass is 35.5. The Labute approximate surface area is 139 Å². The van der Waals surface area contributed by atoms with E-state index in [1.54, 1.807) is 0 Å². The Hall–Kier alpha value is -0.240. The molecule has 1 aliphatic rings. The van der Waals surface area contributed by atoms with Crippen LogP contribution in [-0.4, -0.2) is 13.1 Å². The SMILES string of the molecule is CC(C)CNCC1(Cc2ccc(Cl)c(Cl)c2)CCCCC1. The number of hydrogen-bond donors (Lipinski definition) is 1. The molecule has 1 nitrogen and oxygen atoms in total. The van der Waals surface area contributed by atoms with Crippen molar-refractivity contribution in [2.75, 3.05) is 13.1 Å². The third-order valence-electron chi connectivity index (χ3n) is 4.53. The molecular weight excluding hydrogens is 301 g/mol. The van der Waals surface area contributed by atoms with E-state index in [-0.39, 0.29) is 0 Å². The lowest BCUT2D eigenvalue weighted by molar-refractivity contribution is 0.179. The average molecular weight is 328 g/mol. The van der Waals surface area contributed by atoms with Gasteiger partial charge in [-0.1, -0.05) is 62.4 Å². The summed E-state index contributed by atoms with van der Waals surface area (Å²) in [5.41, 5.74) is 1.71. The fourth-order valence-corrected chi connectivity index (χ4v) is 3.75. The van der Waals surface area contributed by atoms with Crippen molar-refractivity contribution in [2.24, 2.45) is 11.3 Å². The average Bonchev–Trinajstić information content (AvgIpc) is 2.43. The monoisotopic (exact) mass is 327 g/mol. The van der Waals surface area contributed by atoms with Crippen molar-refractivity contribution in [2.45, 2.75) is 52.4 Å². The van der Waals surface area contributed by atoms with E-state index in [4.69, 9.17) is 23.2 Å². The van der Waals surface area contributed by atoms with E-state index in [1.807, 2.05) is 12.1 Å². The normalized spacial score (nSPS) is 18.1. The van der Waals surface area contributed by atoms with Gasteiger partial charge in [0.05, 0.1) is 10.0 Å². The molecule has 0 radical (unpaired) electrons. The van der Waals surface area contributed by atoms with Gasteiger partial charge >= 0.3 is 0 Å². The summed E-state index contributed by atoms with van der Waals surface area (Å²) in [6, 6.07) is 6.10. The maximum atomic E-state index is 6.18. The largest absolute Gasteiger partial charge is 0.316 e. The van der Waals surface area contributed by atoms with Gasteiger partial charge in [-0.25, -0.2) is 0 Å². The lowest BCUT2D eigenvalue weighted by Gasteiger charge is -2.38. The van der Waals surface area contributed by atoms with Crippen molar-refractivity contribution in [3.8, 4) is 0 Å². The minimum absolute atomic E-state index is 0.393. The highest BCUT2D eigenvalue weighted by molar-refractivity contribution is 6.42. The second kappa shape index (κ2) is 7.85. The van der Waals surface area contributed by atoms with Crippen molar-refractivity contribution in [1.82, 2.24) is 5.32 Å². The highest BCUT2D eigenvalue weighted by Crippen LogP contribution is 2.39. The molecule has 0 amide bonds. The summed E-state index contributed by atoms with van der Waals surface area (Å²) in [6.45, 7) is 6.74. The van der Waals surface area contributed by atoms with Crippen LogP contribution in [0.3, 0.4) is 0 Å². The van der Waals surface area contributed by atoms with E-state index >= 15 is 0 Å². The predicted octanol–water partition coefficient (Wildman–Crippen LogP) is 5.73. The van der Waals surface area contributed by atoms with Gasteiger partial charge < -0.3 is 5.32 Å². The van der Waals surface area contributed by atoms with Crippen molar-refractivity contribution in [3.05, 3.63) is 33.8 Å². The zero-order chi connectivity index (χ0) is 15.3. The number of nitrogens with one attached hydrogen (secondary N) is 1. The van der Waals surface area contributed by atoms with Crippen molar-refractivity contribution in [1.29, 1.82) is 0 Å². The molecule has 1 saturated carbocycles. The van der Waals surface area contributed by atoms with Crippen LogP contribution in [-0.2, 0) is 6.42 Å². The van der Waals surface area contributed by atoms with Gasteiger partial charge in [0.2, 0.25) is 0 Å². The molecule has 21 heavy (non-hydrogen) atoms. The Kier molecular flexibility index (Phi) is 6.40. The van der Waals surface area contributed by atoms with Gasteiger partial charge in [-0.15, -0.1) is 0 Å². The smallest absolute Gasteiger partial charge is 0.0595 e. The lowest BCUT2D eigenvalue weighted by Crippen LogP contribution is -2.39. The number of rotatable bonds is 6. The summed E-state index contributed by atoms with van der Waals surface area (Å²) in [5.74, 6) is 0.704. The molecule has 0 unspecified atom stereocenters. The second-order valence-corrected chi connectivity index (χ2v) is 7.83. The Morgan fingerprint density at radius 3 is 2.43 bits per heavy atom. The van der Waals surface area contributed by atoms with E-state index in [0.29, 0.717) is 21.4 Å². The van der Waals surface area contributed by atoms with Crippen molar-refractivity contribution < 1.29 is 0 Å². The van der Waals surface area contributed by atoms with E-state index in [9.17, 15) is 0 Å². The van der Waals surface area contributed by atoms with Gasteiger partial charge in [0.1, 0.15) is 0 Å². The molecule has 0 saturated heterocycles. The maximum absolute atomic E-state index is 6.18. The number of halogens is 2. The molecule has 1 fully saturated rings. The first-order valence-corrected chi connectivity index (χ1v) is 8.91. The van der Waals surface area contributed by atoms with Gasteiger partial charge in [-0.3, -0.25) is 0 Å². The predicted molar refractivity (Wildman–Crippen MR) is 93.4 cm³/mol. The zero-order valence-corrected chi connectivity index (χ0v) is 14.7. The molecule has 0 spiro atoms. The van der Waals surface area contributed by atoms with Gasteiger partial charge in [-0.05, 0) is 54.8 Å². The van der Waals surface area contributed by atoms with Crippen LogP contribution in [0.25, 0.3) is 0 Å². The third kappa shape index (κ3) is 5.16. The van der Waals surface area contributed by atoms with E-state index in [2.05, 4.69) is 25.2 Å². The molecule has 1 aliphatic carbocycles. The Balaban J connectivity index is 2.05.